The lowest BCUT2D eigenvalue weighted by atomic mass is 9.86. The van der Waals surface area contributed by atoms with Crippen molar-refractivity contribution in [2.45, 2.75) is 51.4 Å². The second-order valence-electron chi connectivity index (χ2n) is 7.16. The van der Waals surface area contributed by atoms with Crippen molar-refractivity contribution in [2.24, 2.45) is 17.8 Å². The van der Waals surface area contributed by atoms with E-state index in [1.807, 2.05) is 0 Å². The monoisotopic (exact) mass is 354 g/mol. The fourth-order valence-electron chi connectivity index (χ4n) is 3.76. The van der Waals surface area contributed by atoms with Crippen molar-refractivity contribution in [1.29, 1.82) is 0 Å². The summed E-state index contributed by atoms with van der Waals surface area (Å²) >= 11 is 0. The molecule has 1 saturated heterocycles. The molecule has 1 saturated carbocycles. The van der Waals surface area contributed by atoms with Crippen LogP contribution in [0.25, 0.3) is 0 Å². The maximum Gasteiger partial charge on any atom is 0.308 e. The van der Waals surface area contributed by atoms with Gasteiger partial charge in [0.2, 0.25) is 11.8 Å². The molecule has 2 fully saturated rings. The average molecular weight is 354 g/mol. The Kier molecular flexibility index (Phi) is 8.18. The molecule has 2 amide bonds. The number of carbonyl (C=O) groups is 3. The van der Waals surface area contributed by atoms with Gasteiger partial charge in [-0.3, -0.25) is 14.4 Å². The van der Waals surface area contributed by atoms with E-state index < -0.39 is 11.9 Å². The lowest BCUT2D eigenvalue weighted by Gasteiger charge is -2.27. The van der Waals surface area contributed by atoms with E-state index in [4.69, 9.17) is 4.74 Å². The molecule has 0 bridgehead atoms. The number of carboxylic acids is 1. The summed E-state index contributed by atoms with van der Waals surface area (Å²) in [5.41, 5.74) is 0. The van der Waals surface area contributed by atoms with E-state index in [-0.39, 0.29) is 30.8 Å². The van der Waals surface area contributed by atoms with Crippen molar-refractivity contribution in [3.05, 3.63) is 0 Å². The summed E-state index contributed by atoms with van der Waals surface area (Å²) in [5, 5.41) is 14.6. The van der Waals surface area contributed by atoms with Crippen LogP contribution in [0.3, 0.4) is 0 Å². The third kappa shape index (κ3) is 7.02. The van der Waals surface area contributed by atoms with Crippen molar-refractivity contribution in [3.8, 4) is 0 Å². The SMILES string of the molecule is O=C(CCC1CCCC1)NCC(=O)NCC(C(=O)O)C1CCOCC1. The zero-order chi connectivity index (χ0) is 18.1. The van der Waals surface area contributed by atoms with Gasteiger partial charge in [0.1, 0.15) is 0 Å². The Morgan fingerprint density at radius 1 is 1.00 bits per heavy atom. The zero-order valence-electron chi connectivity index (χ0n) is 14.8. The highest BCUT2D eigenvalue weighted by Crippen LogP contribution is 2.28. The van der Waals surface area contributed by atoms with E-state index in [0.29, 0.717) is 38.4 Å². The number of hydrogen-bond acceptors (Lipinski definition) is 4. The second-order valence-corrected chi connectivity index (χ2v) is 7.16. The zero-order valence-corrected chi connectivity index (χ0v) is 14.8. The molecule has 3 N–H and O–H groups in total. The predicted molar refractivity (Wildman–Crippen MR) is 91.9 cm³/mol. The average Bonchev–Trinajstić information content (AvgIpc) is 3.12. The van der Waals surface area contributed by atoms with Gasteiger partial charge in [0.15, 0.2) is 0 Å². The van der Waals surface area contributed by atoms with Gasteiger partial charge in [-0.15, -0.1) is 0 Å². The number of hydrogen-bond donors (Lipinski definition) is 3. The Balaban J connectivity index is 1.62. The largest absolute Gasteiger partial charge is 0.481 e. The normalized spacial score (nSPS) is 20.2. The maximum atomic E-state index is 11.9. The van der Waals surface area contributed by atoms with Gasteiger partial charge in [0, 0.05) is 26.2 Å². The number of carboxylic acid groups (broad SMARTS) is 1. The molecule has 0 aromatic heterocycles. The first kappa shape index (κ1) is 19.7. The third-order valence-electron chi connectivity index (χ3n) is 5.37. The molecule has 25 heavy (non-hydrogen) atoms. The molecule has 1 heterocycles. The highest BCUT2D eigenvalue weighted by Gasteiger charge is 2.30. The summed E-state index contributed by atoms with van der Waals surface area (Å²) in [6, 6.07) is 0. The van der Waals surface area contributed by atoms with Gasteiger partial charge >= 0.3 is 5.97 Å². The first-order valence-corrected chi connectivity index (χ1v) is 9.40. The summed E-state index contributed by atoms with van der Waals surface area (Å²) in [4.78, 5) is 35.1. The summed E-state index contributed by atoms with van der Waals surface area (Å²) in [6.45, 7) is 1.14. The van der Waals surface area contributed by atoms with E-state index in [0.717, 1.165) is 6.42 Å². The lowest BCUT2D eigenvalue weighted by Crippen LogP contribution is -2.42. The molecule has 1 atom stereocenters. The van der Waals surface area contributed by atoms with Crippen molar-refractivity contribution in [1.82, 2.24) is 10.6 Å². The Labute approximate surface area is 148 Å². The van der Waals surface area contributed by atoms with Crippen LogP contribution >= 0.6 is 0 Å². The van der Waals surface area contributed by atoms with E-state index in [1.54, 1.807) is 0 Å². The van der Waals surface area contributed by atoms with Crippen LogP contribution in [0.2, 0.25) is 0 Å². The fraction of sp³-hybridized carbons (Fsp3) is 0.833. The standard InChI is InChI=1S/C18H30N2O5/c21-16(6-5-13-3-1-2-4-13)20-12-17(22)19-11-15(18(23)24)14-7-9-25-10-8-14/h13-15H,1-12H2,(H,19,22)(H,20,21)(H,23,24). The molecule has 1 aliphatic carbocycles. The van der Waals surface area contributed by atoms with Crippen LogP contribution in [-0.2, 0) is 19.1 Å². The molecule has 1 aliphatic heterocycles. The summed E-state index contributed by atoms with van der Waals surface area (Å²) in [5.74, 6) is -1.28. The van der Waals surface area contributed by atoms with Gasteiger partial charge in [0.25, 0.3) is 0 Å². The quantitative estimate of drug-likeness (QED) is 0.579. The molecular weight excluding hydrogens is 324 g/mol. The number of aliphatic carboxylic acids is 1. The van der Waals surface area contributed by atoms with Gasteiger partial charge in [0.05, 0.1) is 12.5 Å². The first-order valence-electron chi connectivity index (χ1n) is 9.40. The minimum atomic E-state index is -0.896. The summed E-state index contributed by atoms with van der Waals surface area (Å²) in [6.07, 6.45) is 7.66. The Hall–Kier alpha value is -1.63. The smallest absolute Gasteiger partial charge is 0.308 e. The molecule has 0 spiro atoms. The number of amides is 2. The molecule has 2 aliphatic rings. The highest BCUT2D eigenvalue weighted by atomic mass is 16.5. The Morgan fingerprint density at radius 2 is 1.68 bits per heavy atom. The van der Waals surface area contributed by atoms with Crippen LogP contribution in [0.1, 0.15) is 51.4 Å². The summed E-state index contributed by atoms with van der Waals surface area (Å²) < 4.78 is 5.25. The summed E-state index contributed by atoms with van der Waals surface area (Å²) in [7, 11) is 0. The van der Waals surface area contributed by atoms with Gasteiger partial charge < -0.3 is 20.5 Å². The number of ether oxygens (including phenoxy) is 1. The molecule has 0 aromatic carbocycles. The van der Waals surface area contributed by atoms with Gasteiger partial charge in [-0.25, -0.2) is 0 Å². The maximum absolute atomic E-state index is 11.9. The molecule has 0 aromatic rings. The topological polar surface area (TPSA) is 105 Å². The fourth-order valence-corrected chi connectivity index (χ4v) is 3.76. The van der Waals surface area contributed by atoms with E-state index in [1.165, 1.54) is 25.7 Å². The third-order valence-corrected chi connectivity index (χ3v) is 5.37. The van der Waals surface area contributed by atoms with Gasteiger partial charge in [-0.2, -0.15) is 0 Å². The van der Waals surface area contributed by atoms with Gasteiger partial charge in [-0.1, -0.05) is 25.7 Å². The van der Waals surface area contributed by atoms with Crippen LogP contribution in [0.4, 0.5) is 0 Å². The van der Waals surface area contributed by atoms with Crippen molar-refractivity contribution in [2.75, 3.05) is 26.3 Å². The van der Waals surface area contributed by atoms with Gasteiger partial charge in [-0.05, 0) is 31.1 Å². The molecule has 7 nitrogen and oxygen atoms in total. The van der Waals surface area contributed by atoms with E-state index >= 15 is 0 Å². The van der Waals surface area contributed by atoms with Crippen LogP contribution in [0.5, 0.6) is 0 Å². The molecule has 142 valence electrons. The van der Waals surface area contributed by atoms with E-state index in [9.17, 15) is 19.5 Å². The van der Waals surface area contributed by atoms with E-state index in [2.05, 4.69) is 10.6 Å². The van der Waals surface area contributed by atoms with Crippen LogP contribution in [0, 0.1) is 17.8 Å². The predicted octanol–water partition coefficient (Wildman–Crippen LogP) is 1.32. The lowest BCUT2D eigenvalue weighted by molar-refractivity contribution is -0.145. The minimum absolute atomic E-state index is 0.0209. The number of nitrogens with one attached hydrogen (secondary N) is 2. The highest BCUT2D eigenvalue weighted by molar-refractivity contribution is 5.85. The first-order chi connectivity index (χ1) is 12.1. The number of rotatable bonds is 9. The van der Waals surface area contributed by atoms with Crippen LogP contribution < -0.4 is 10.6 Å². The molecule has 2 rings (SSSR count). The van der Waals surface area contributed by atoms with Crippen molar-refractivity contribution in [3.63, 3.8) is 0 Å². The van der Waals surface area contributed by atoms with Crippen molar-refractivity contribution >= 4 is 17.8 Å². The second kappa shape index (κ2) is 10.4. The molecule has 0 radical (unpaired) electrons. The molecule has 7 heteroatoms. The Morgan fingerprint density at radius 3 is 2.32 bits per heavy atom. The molecule has 1 unspecified atom stereocenters. The molecular formula is C18H30N2O5. The minimum Gasteiger partial charge on any atom is -0.481 e. The number of carbonyl (C=O) groups excluding carboxylic acids is 2. The van der Waals surface area contributed by atoms with Crippen LogP contribution in [0.15, 0.2) is 0 Å². The van der Waals surface area contributed by atoms with Crippen LogP contribution in [-0.4, -0.2) is 49.2 Å². The van der Waals surface area contributed by atoms with Crippen molar-refractivity contribution < 1.29 is 24.2 Å². The Bertz CT molecular complexity index is 456.